The van der Waals surface area contributed by atoms with Crippen LogP contribution in [0.3, 0.4) is 0 Å². The number of amides is 2. The molecule has 2 amide bonds. The maximum absolute atomic E-state index is 12.2. The molecule has 0 aliphatic heterocycles. The molecule has 2 unspecified atom stereocenters. The Hall–Kier alpha value is -2.01. The van der Waals surface area contributed by atoms with Crippen LogP contribution in [0, 0.1) is 12.8 Å². The summed E-state index contributed by atoms with van der Waals surface area (Å²) in [5.41, 5.74) is 2.95. The van der Waals surface area contributed by atoms with Crippen LogP contribution in [0.4, 0.5) is 10.5 Å². The highest BCUT2D eigenvalue weighted by molar-refractivity contribution is 5.93. The number of hydrogen-bond donors (Lipinski definition) is 4. The normalized spacial score (nSPS) is 21.7. The Morgan fingerprint density at radius 2 is 2.14 bits per heavy atom. The van der Waals surface area contributed by atoms with E-state index < -0.39 is 0 Å². The highest BCUT2D eigenvalue weighted by Crippen LogP contribution is 2.24. The van der Waals surface area contributed by atoms with Gasteiger partial charge in [0.15, 0.2) is 0 Å². The molecule has 1 heterocycles. The molecule has 1 aliphatic carbocycles. The van der Waals surface area contributed by atoms with E-state index in [2.05, 4.69) is 21.7 Å². The summed E-state index contributed by atoms with van der Waals surface area (Å²) in [6.45, 7) is 2.15. The number of aromatic nitrogens is 1. The van der Waals surface area contributed by atoms with Gasteiger partial charge in [-0.05, 0) is 44.0 Å². The molecule has 4 N–H and O–H groups in total. The number of aryl methyl sites for hydroxylation is 1. The van der Waals surface area contributed by atoms with Crippen molar-refractivity contribution in [2.75, 3.05) is 11.9 Å². The van der Waals surface area contributed by atoms with Gasteiger partial charge in [0.1, 0.15) is 0 Å². The summed E-state index contributed by atoms with van der Waals surface area (Å²) < 4.78 is 0. The van der Waals surface area contributed by atoms with E-state index in [0.29, 0.717) is 0 Å². The zero-order valence-electron chi connectivity index (χ0n) is 12.9. The number of aliphatic hydroxyl groups excluding tert-OH is 1. The van der Waals surface area contributed by atoms with Crippen molar-refractivity contribution in [3.63, 3.8) is 0 Å². The van der Waals surface area contributed by atoms with Crippen LogP contribution in [-0.4, -0.2) is 28.8 Å². The van der Waals surface area contributed by atoms with Crippen LogP contribution in [0.2, 0.25) is 0 Å². The number of anilines is 1. The number of nitrogens with one attached hydrogen (secondary N) is 3. The zero-order valence-corrected chi connectivity index (χ0v) is 12.9. The average Bonchev–Trinajstić information content (AvgIpc) is 2.87. The van der Waals surface area contributed by atoms with Crippen LogP contribution in [0.15, 0.2) is 24.3 Å². The third-order valence-corrected chi connectivity index (χ3v) is 4.47. The summed E-state index contributed by atoms with van der Waals surface area (Å²) in [5.74, 6) is 0.175. The number of carbonyl (C=O) groups excluding carboxylic acids is 1. The van der Waals surface area contributed by atoms with Crippen molar-refractivity contribution in [2.24, 2.45) is 5.92 Å². The molecule has 0 bridgehead atoms. The monoisotopic (exact) mass is 301 g/mol. The number of carbonyl (C=O) groups is 1. The van der Waals surface area contributed by atoms with Gasteiger partial charge in [-0.3, -0.25) is 0 Å². The molecule has 1 aromatic heterocycles. The first-order chi connectivity index (χ1) is 10.7. The number of aromatic amines is 1. The SMILES string of the molecule is Cc1cc2cc(NC(=O)NC3CCCCC3CO)ccc2[nH]1. The summed E-state index contributed by atoms with van der Waals surface area (Å²) in [4.78, 5) is 15.4. The van der Waals surface area contributed by atoms with E-state index in [9.17, 15) is 9.90 Å². The Labute approximate surface area is 130 Å². The van der Waals surface area contributed by atoms with Gasteiger partial charge in [0.2, 0.25) is 0 Å². The fraction of sp³-hybridized carbons (Fsp3) is 0.471. The van der Waals surface area contributed by atoms with Gasteiger partial charge in [-0.2, -0.15) is 0 Å². The van der Waals surface area contributed by atoms with E-state index >= 15 is 0 Å². The summed E-state index contributed by atoms with van der Waals surface area (Å²) in [5, 5.41) is 16.4. The van der Waals surface area contributed by atoms with Gasteiger partial charge in [0.25, 0.3) is 0 Å². The van der Waals surface area contributed by atoms with Gasteiger partial charge < -0.3 is 20.7 Å². The van der Waals surface area contributed by atoms with Gasteiger partial charge in [-0.15, -0.1) is 0 Å². The van der Waals surface area contributed by atoms with Crippen molar-refractivity contribution in [1.29, 1.82) is 0 Å². The molecule has 0 saturated heterocycles. The second-order valence-corrected chi connectivity index (χ2v) is 6.19. The van der Waals surface area contributed by atoms with Crippen LogP contribution in [-0.2, 0) is 0 Å². The number of fused-ring (bicyclic) bond motifs is 1. The number of H-pyrrole nitrogens is 1. The van der Waals surface area contributed by atoms with Crippen molar-refractivity contribution in [2.45, 2.75) is 38.6 Å². The first-order valence-electron chi connectivity index (χ1n) is 7.93. The van der Waals surface area contributed by atoms with Crippen molar-refractivity contribution in [3.8, 4) is 0 Å². The maximum Gasteiger partial charge on any atom is 0.319 e. The topological polar surface area (TPSA) is 77.2 Å². The van der Waals surface area contributed by atoms with Crippen molar-refractivity contribution in [3.05, 3.63) is 30.0 Å². The van der Waals surface area contributed by atoms with Crippen LogP contribution in [0.1, 0.15) is 31.4 Å². The second kappa shape index (κ2) is 6.40. The highest BCUT2D eigenvalue weighted by Gasteiger charge is 2.25. The largest absolute Gasteiger partial charge is 0.396 e. The van der Waals surface area contributed by atoms with Crippen LogP contribution in [0.5, 0.6) is 0 Å². The van der Waals surface area contributed by atoms with Crippen LogP contribution in [0.25, 0.3) is 10.9 Å². The Morgan fingerprint density at radius 1 is 1.32 bits per heavy atom. The highest BCUT2D eigenvalue weighted by atomic mass is 16.3. The van der Waals surface area contributed by atoms with Gasteiger partial charge >= 0.3 is 6.03 Å². The van der Waals surface area contributed by atoms with E-state index in [0.717, 1.165) is 48.0 Å². The maximum atomic E-state index is 12.2. The van der Waals surface area contributed by atoms with Gasteiger partial charge in [0, 0.05) is 40.9 Å². The number of hydrogen-bond acceptors (Lipinski definition) is 2. The Morgan fingerprint density at radius 3 is 2.95 bits per heavy atom. The molecular weight excluding hydrogens is 278 g/mol. The van der Waals surface area contributed by atoms with E-state index in [4.69, 9.17) is 0 Å². The lowest BCUT2D eigenvalue weighted by atomic mass is 9.85. The van der Waals surface area contributed by atoms with Gasteiger partial charge in [-0.1, -0.05) is 12.8 Å². The molecule has 118 valence electrons. The first kappa shape index (κ1) is 14.9. The molecule has 22 heavy (non-hydrogen) atoms. The minimum Gasteiger partial charge on any atom is -0.396 e. The average molecular weight is 301 g/mol. The molecule has 2 atom stereocenters. The minimum atomic E-state index is -0.197. The summed E-state index contributed by atoms with van der Waals surface area (Å²) in [7, 11) is 0. The molecule has 5 heteroatoms. The predicted molar refractivity (Wildman–Crippen MR) is 88.0 cm³/mol. The Balaban J connectivity index is 1.64. The lowest BCUT2D eigenvalue weighted by Crippen LogP contribution is -2.45. The van der Waals surface area contributed by atoms with E-state index in [1.165, 1.54) is 0 Å². The van der Waals surface area contributed by atoms with Crippen LogP contribution < -0.4 is 10.6 Å². The molecule has 1 saturated carbocycles. The van der Waals surface area contributed by atoms with Crippen molar-refractivity contribution in [1.82, 2.24) is 10.3 Å². The number of rotatable bonds is 3. The molecule has 3 rings (SSSR count). The fourth-order valence-electron chi connectivity index (χ4n) is 3.31. The zero-order chi connectivity index (χ0) is 15.5. The predicted octanol–water partition coefficient (Wildman–Crippen LogP) is 3.15. The van der Waals surface area contributed by atoms with Crippen LogP contribution >= 0.6 is 0 Å². The number of aliphatic hydroxyl groups is 1. The molecule has 2 aromatic rings. The fourth-order valence-corrected chi connectivity index (χ4v) is 3.31. The van der Waals surface area contributed by atoms with Crippen molar-refractivity contribution < 1.29 is 9.90 Å². The van der Waals surface area contributed by atoms with E-state index in [1.807, 2.05) is 25.1 Å². The second-order valence-electron chi connectivity index (χ2n) is 6.19. The first-order valence-corrected chi connectivity index (χ1v) is 7.93. The Bertz CT molecular complexity index is 665. The van der Waals surface area contributed by atoms with E-state index in [-0.39, 0.29) is 24.6 Å². The molecular formula is C17H23N3O2. The third kappa shape index (κ3) is 3.25. The standard InChI is InChI=1S/C17H23N3O2/c1-11-8-13-9-14(6-7-16(13)18-11)19-17(22)20-15-5-3-2-4-12(15)10-21/h6-9,12,15,18,21H,2-5,10H2,1H3,(H2,19,20,22). The summed E-state index contributed by atoms with van der Waals surface area (Å²) in [6.07, 6.45) is 4.16. The summed E-state index contributed by atoms with van der Waals surface area (Å²) >= 11 is 0. The lowest BCUT2D eigenvalue weighted by Gasteiger charge is -2.30. The molecule has 5 nitrogen and oxygen atoms in total. The quantitative estimate of drug-likeness (QED) is 0.703. The molecule has 1 aromatic carbocycles. The number of benzene rings is 1. The molecule has 0 radical (unpaired) electrons. The molecule has 1 aliphatic rings. The third-order valence-electron chi connectivity index (χ3n) is 4.47. The molecule has 0 spiro atoms. The Kier molecular flexibility index (Phi) is 4.34. The smallest absolute Gasteiger partial charge is 0.319 e. The minimum absolute atomic E-state index is 0.0667. The number of urea groups is 1. The summed E-state index contributed by atoms with van der Waals surface area (Å²) in [6, 6.07) is 7.75. The molecule has 1 fully saturated rings. The van der Waals surface area contributed by atoms with Gasteiger partial charge in [0.05, 0.1) is 0 Å². The van der Waals surface area contributed by atoms with Gasteiger partial charge in [-0.25, -0.2) is 4.79 Å². The van der Waals surface area contributed by atoms with Crippen molar-refractivity contribution >= 4 is 22.6 Å². The van der Waals surface area contributed by atoms with E-state index in [1.54, 1.807) is 0 Å². The lowest BCUT2D eigenvalue weighted by molar-refractivity contribution is 0.156.